The number of pyridine rings is 1. The zero-order valence-corrected chi connectivity index (χ0v) is 15.4. The number of fused-ring (bicyclic) bond motifs is 1. The van der Waals surface area contributed by atoms with Gasteiger partial charge >= 0.3 is 0 Å². The van der Waals surface area contributed by atoms with E-state index in [0.29, 0.717) is 16.8 Å². The Morgan fingerprint density at radius 1 is 1.16 bits per heavy atom. The summed E-state index contributed by atoms with van der Waals surface area (Å²) in [5, 5.41) is 4.15. The molecular formula is C19H17BrN2O3. The van der Waals surface area contributed by atoms with E-state index in [4.69, 9.17) is 4.74 Å². The van der Waals surface area contributed by atoms with E-state index in [1.165, 1.54) is 4.57 Å². The predicted molar refractivity (Wildman–Crippen MR) is 102 cm³/mol. The lowest BCUT2D eigenvalue weighted by Gasteiger charge is -2.16. The topological polar surface area (TPSA) is 60.3 Å². The van der Waals surface area contributed by atoms with Crippen molar-refractivity contribution in [2.45, 2.75) is 13.0 Å². The van der Waals surface area contributed by atoms with Crippen LogP contribution in [0.3, 0.4) is 0 Å². The summed E-state index contributed by atoms with van der Waals surface area (Å²) in [6, 6.07) is 13.7. The minimum absolute atomic E-state index is 0.210. The zero-order chi connectivity index (χ0) is 18.0. The molecule has 0 aliphatic carbocycles. The van der Waals surface area contributed by atoms with Crippen LogP contribution < -0.4 is 15.6 Å². The molecule has 0 bridgehead atoms. The maximum Gasteiger partial charge on any atom is 0.259 e. The zero-order valence-electron chi connectivity index (χ0n) is 13.8. The van der Waals surface area contributed by atoms with Gasteiger partial charge in [0.1, 0.15) is 11.8 Å². The van der Waals surface area contributed by atoms with Crippen LogP contribution in [0.4, 0.5) is 5.69 Å². The van der Waals surface area contributed by atoms with Crippen LogP contribution in [0.15, 0.2) is 64.0 Å². The van der Waals surface area contributed by atoms with Crippen molar-refractivity contribution in [1.29, 1.82) is 0 Å². The van der Waals surface area contributed by atoms with Gasteiger partial charge in [-0.1, -0.05) is 15.9 Å². The van der Waals surface area contributed by atoms with Gasteiger partial charge in [-0.05, 0) is 60.8 Å². The summed E-state index contributed by atoms with van der Waals surface area (Å²) in [7, 11) is 1.58. The standard InChI is InChI=1S/C19H17BrN2O3/c1-12(18(23)21-15-5-3-14(20)4-6-15)22-10-9-13-11-16(25-2)7-8-17(13)19(22)24/h3-12H,1-2H3,(H,21,23). The number of rotatable bonds is 4. The van der Waals surface area contributed by atoms with E-state index in [-0.39, 0.29) is 11.5 Å². The first-order chi connectivity index (χ1) is 12.0. The normalized spacial score (nSPS) is 12.0. The largest absolute Gasteiger partial charge is 0.497 e. The van der Waals surface area contributed by atoms with E-state index >= 15 is 0 Å². The van der Waals surface area contributed by atoms with Gasteiger partial charge in [0.25, 0.3) is 5.56 Å². The molecule has 3 aromatic rings. The third kappa shape index (κ3) is 3.58. The number of methoxy groups -OCH3 is 1. The Labute approximate surface area is 153 Å². The quantitative estimate of drug-likeness (QED) is 0.720. The van der Waals surface area contributed by atoms with Gasteiger partial charge in [0.15, 0.2) is 0 Å². The summed E-state index contributed by atoms with van der Waals surface area (Å²) < 4.78 is 7.54. The SMILES string of the molecule is COc1ccc2c(=O)n(C(C)C(=O)Nc3ccc(Br)cc3)ccc2c1. The minimum atomic E-state index is -0.636. The maximum atomic E-state index is 12.7. The molecule has 3 rings (SSSR count). The number of benzene rings is 2. The number of halogens is 1. The maximum absolute atomic E-state index is 12.7. The fourth-order valence-electron chi connectivity index (χ4n) is 2.58. The van der Waals surface area contributed by atoms with Crippen LogP contribution in [-0.4, -0.2) is 17.6 Å². The number of anilines is 1. The number of ether oxygens (including phenoxy) is 1. The van der Waals surface area contributed by atoms with Gasteiger partial charge in [-0.25, -0.2) is 0 Å². The predicted octanol–water partition coefficient (Wildman–Crippen LogP) is 3.97. The molecular weight excluding hydrogens is 384 g/mol. The summed E-state index contributed by atoms with van der Waals surface area (Å²) in [5.41, 5.74) is 0.470. The average Bonchev–Trinajstić information content (AvgIpc) is 2.63. The summed E-state index contributed by atoms with van der Waals surface area (Å²) in [6.07, 6.45) is 1.63. The summed E-state index contributed by atoms with van der Waals surface area (Å²) in [6.45, 7) is 1.70. The smallest absolute Gasteiger partial charge is 0.259 e. The highest BCUT2D eigenvalue weighted by atomic mass is 79.9. The molecule has 1 atom stereocenters. The molecule has 0 saturated heterocycles. The van der Waals surface area contributed by atoms with Crippen molar-refractivity contribution in [3.05, 3.63) is 69.6 Å². The first-order valence-electron chi connectivity index (χ1n) is 7.75. The minimum Gasteiger partial charge on any atom is -0.497 e. The Balaban J connectivity index is 1.89. The molecule has 0 saturated carbocycles. The molecule has 25 heavy (non-hydrogen) atoms. The second-order valence-corrected chi connectivity index (χ2v) is 6.57. The van der Waals surface area contributed by atoms with Crippen molar-refractivity contribution in [2.24, 2.45) is 0 Å². The van der Waals surface area contributed by atoms with Crippen LogP contribution >= 0.6 is 15.9 Å². The van der Waals surface area contributed by atoms with Crippen molar-refractivity contribution in [2.75, 3.05) is 12.4 Å². The van der Waals surface area contributed by atoms with Crippen LogP contribution in [0.5, 0.6) is 5.75 Å². The molecule has 1 heterocycles. The highest BCUT2D eigenvalue weighted by molar-refractivity contribution is 9.10. The van der Waals surface area contributed by atoms with Gasteiger partial charge in [0.2, 0.25) is 5.91 Å². The first-order valence-corrected chi connectivity index (χ1v) is 8.54. The van der Waals surface area contributed by atoms with Gasteiger partial charge in [0, 0.05) is 21.7 Å². The Morgan fingerprint density at radius 3 is 2.56 bits per heavy atom. The molecule has 0 aliphatic heterocycles. The molecule has 1 N–H and O–H groups in total. The Bertz CT molecular complexity index is 980. The fourth-order valence-corrected chi connectivity index (χ4v) is 2.84. The number of nitrogens with zero attached hydrogens (tertiary/aromatic N) is 1. The van der Waals surface area contributed by atoms with Gasteiger partial charge in [-0.15, -0.1) is 0 Å². The highest BCUT2D eigenvalue weighted by Gasteiger charge is 2.17. The van der Waals surface area contributed by atoms with Crippen molar-refractivity contribution in [3.8, 4) is 5.75 Å². The number of nitrogens with one attached hydrogen (secondary N) is 1. The van der Waals surface area contributed by atoms with E-state index < -0.39 is 6.04 Å². The van der Waals surface area contributed by atoms with E-state index in [1.54, 1.807) is 50.6 Å². The molecule has 1 aromatic heterocycles. The molecule has 2 aromatic carbocycles. The van der Waals surface area contributed by atoms with Gasteiger partial charge in [-0.3, -0.25) is 9.59 Å². The number of amides is 1. The second kappa shape index (κ2) is 7.11. The van der Waals surface area contributed by atoms with Crippen molar-refractivity contribution in [1.82, 2.24) is 4.57 Å². The molecule has 0 fully saturated rings. The Kier molecular flexibility index (Phi) is 4.90. The summed E-state index contributed by atoms with van der Waals surface area (Å²) >= 11 is 3.35. The number of aromatic nitrogens is 1. The van der Waals surface area contributed by atoms with E-state index in [9.17, 15) is 9.59 Å². The summed E-state index contributed by atoms with van der Waals surface area (Å²) in [5.74, 6) is 0.433. The lowest BCUT2D eigenvalue weighted by Crippen LogP contribution is -2.31. The number of hydrogen-bond acceptors (Lipinski definition) is 3. The molecule has 0 radical (unpaired) electrons. The first kappa shape index (κ1) is 17.2. The van der Waals surface area contributed by atoms with Gasteiger partial charge in [0.05, 0.1) is 7.11 Å². The van der Waals surface area contributed by atoms with Gasteiger partial charge < -0.3 is 14.6 Å². The van der Waals surface area contributed by atoms with Crippen LogP contribution in [0.1, 0.15) is 13.0 Å². The lowest BCUT2D eigenvalue weighted by atomic mass is 10.1. The van der Waals surface area contributed by atoms with Crippen LogP contribution in [0.2, 0.25) is 0 Å². The number of hydrogen-bond donors (Lipinski definition) is 1. The summed E-state index contributed by atoms with van der Waals surface area (Å²) in [4.78, 5) is 25.2. The molecule has 5 nitrogen and oxygen atoms in total. The number of carbonyl (C=O) groups excluding carboxylic acids is 1. The van der Waals surface area contributed by atoms with Crippen LogP contribution in [0.25, 0.3) is 10.8 Å². The third-order valence-corrected chi connectivity index (χ3v) is 4.58. The molecule has 0 aliphatic rings. The molecule has 1 amide bonds. The molecule has 128 valence electrons. The highest BCUT2D eigenvalue weighted by Crippen LogP contribution is 2.19. The van der Waals surface area contributed by atoms with Crippen molar-refractivity contribution in [3.63, 3.8) is 0 Å². The number of carbonyl (C=O) groups is 1. The van der Waals surface area contributed by atoms with Crippen molar-refractivity contribution < 1.29 is 9.53 Å². The monoisotopic (exact) mass is 400 g/mol. The average molecular weight is 401 g/mol. The van der Waals surface area contributed by atoms with Crippen LogP contribution in [0, 0.1) is 0 Å². The van der Waals surface area contributed by atoms with E-state index in [1.807, 2.05) is 18.2 Å². The lowest BCUT2D eigenvalue weighted by molar-refractivity contribution is -0.118. The third-order valence-electron chi connectivity index (χ3n) is 4.05. The van der Waals surface area contributed by atoms with E-state index in [2.05, 4.69) is 21.2 Å². The van der Waals surface area contributed by atoms with Gasteiger partial charge in [-0.2, -0.15) is 0 Å². The van der Waals surface area contributed by atoms with E-state index in [0.717, 1.165) is 9.86 Å². The Hall–Kier alpha value is -2.60. The molecule has 0 spiro atoms. The van der Waals surface area contributed by atoms with Crippen molar-refractivity contribution >= 4 is 38.3 Å². The second-order valence-electron chi connectivity index (χ2n) is 5.65. The van der Waals surface area contributed by atoms with Crippen LogP contribution in [-0.2, 0) is 4.79 Å². The molecule has 6 heteroatoms. The fraction of sp³-hybridized carbons (Fsp3) is 0.158. The molecule has 1 unspecified atom stereocenters. The Morgan fingerprint density at radius 2 is 1.88 bits per heavy atom.